The van der Waals surface area contributed by atoms with E-state index in [0.717, 1.165) is 18.8 Å². The Labute approximate surface area is 179 Å². The van der Waals surface area contributed by atoms with E-state index in [4.69, 9.17) is 14.7 Å². The Kier molecular flexibility index (Phi) is 6.46. The summed E-state index contributed by atoms with van der Waals surface area (Å²) in [6.45, 7) is 5.10. The van der Waals surface area contributed by atoms with Crippen LogP contribution in [0, 0.1) is 10.5 Å². The van der Waals surface area contributed by atoms with Gasteiger partial charge in [0.2, 0.25) is 17.8 Å². The summed E-state index contributed by atoms with van der Waals surface area (Å²) in [5.74, 6) is 1.95. The molecule has 2 fully saturated rings. The number of hydrogen-bond donors (Lipinski definition) is 2. The van der Waals surface area contributed by atoms with Crippen LogP contribution >= 0.6 is 22.6 Å². The maximum Gasteiger partial charge on any atom is 0.233 e. The monoisotopic (exact) mass is 494 g/mol. The summed E-state index contributed by atoms with van der Waals surface area (Å²) in [7, 11) is 0. The second-order valence-electron chi connectivity index (χ2n) is 7.45. The van der Waals surface area contributed by atoms with Crippen LogP contribution < -0.4 is 15.5 Å². The molecule has 0 unspecified atom stereocenters. The van der Waals surface area contributed by atoms with Crippen molar-refractivity contribution in [1.82, 2.24) is 15.0 Å². The molecule has 28 heavy (non-hydrogen) atoms. The number of halogens is 1. The fourth-order valence-corrected chi connectivity index (χ4v) is 4.35. The van der Waals surface area contributed by atoms with Crippen LogP contribution in [0.5, 0.6) is 0 Å². The van der Waals surface area contributed by atoms with Crippen molar-refractivity contribution in [3.05, 3.63) is 27.3 Å². The zero-order valence-electron chi connectivity index (χ0n) is 16.2. The maximum atomic E-state index is 5.48. The lowest BCUT2D eigenvalue weighted by Gasteiger charge is -2.28. The van der Waals surface area contributed by atoms with E-state index >= 15 is 0 Å². The Morgan fingerprint density at radius 3 is 2.54 bits per heavy atom. The molecule has 8 heteroatoms. The van der Waals surface area contributed by atoms with Crippen molar-refractivity contribution >= 4 is 46.1 Å². The van der Waals surface area contributed by atoms with Gasteiger partial charge < -0.3 is 20.3 Å². The third kappa shape index (κ3) is 5.02. The van der Waals surface area contributed by atoms with Gasteiger partial charge in [-0.05, 0) is 66.1 Å². The van der Waals surface area contributed by atoms with Gasteiger partial charge >= 0.3 is 0 Å². The third-order valence-corrected chi connectivity index (χ3v) is 5.96. The van der Waals surface area contributed by atoms with Gasteiger partial charge in [-0.15, -0.1) is 0 Å². The summed E-state index contributed by atoms with van der Waals surface area (Å²) in [5.41, 5.74) is 2.19. The molecule has 2 aromatic rings. The van der Waals surface area contributed by atoms with E-state index in [1.165, 1.54) is 41.2 Å². The van der Waals surface area contributed by atoms with Gasteiger partial charge in [-0.25, -0.2) is 0 Å². The van der Waals surface area contributed by atoms with Gasteiger partial charge in [0.25, 0.3) is 0 Å². The molecule has 0 atom stereocenters. The summed E-state index contributed by atoms with van der Waals surface area (Å²) in [5, 5.41) is 6.94. The lowest BCUT2D eigenvalue weighted by molar-refractivity contribution is 0.122. The number of aromatic nitrogens is 3. The van der Waals surface area contributed by atoms with Crippen molar-refractivity contribution in [3.8, 4) is 0 Å². The first-order chi connectivity index (χ1) is 13.7. The van der Waals surface area contributed by atoms with Crippen LogP contribution in [-0.4, -0.2) is 47.3 Å². The summed E-state index contributed by atoms with van der Waals surface area (Å²) in [6.07, 6.45) is 6.22. The highest BCUT2D eigenvalue weighted by molar-refractivity contribution is 14.1. The first-order valence-corrected chi connectivity index (χ1v) is 11.1. The first-order valence-electron chi connectivity index (χ1n) is 10.1. The normalized spacial score (nSPS) is 18.1. The van der Waals surface area contributed by atoms with Gasteiger partial charge in [-0.1, -0.05) is 19.3 Å². The summed E-state index contributed by atoms with van der Waals surface area (Å²) in [4.78, 5) is 16.3. The van der Waals surface area contributed by atoms with E-state index in [1.807, 2.05) is 0 Å². The molecule has 1 aromatic heterocycles. The Balaban J connectivity index is 1.60. The highest BCUT2D eigenvalue weighted by atomic mass is 127. The van der Waals surface area contributed by atoms with Crippen LogP contribution in [0.1, 0.15) is 37.7 Å². The molecule has 2 aliphatic rings. The van der Waals surface area contributed by atoms with E-state index in [1.54, 1.807) is 0 Å². The van der Waals surface area contributed by atoms with Gasteiger partial charge in [0, 0.05) is 28.4 Å². The van der Waals surface area contributed by atoms with Crippen LogP contribution in [0.2, 0.25) is 0 Å². The minimum absolute atomic E-state index is 0.446. The highest BCUT2D eigenvalue weighted by Crippen LogP contribution is 2.25. The van der Waals surface area contributed by atoms with E-state index in [0.29, 0.717) is 37.1 Å². The average molecular weight is 494 g/mol. The number of morpholine rings is 1. The molecule has 1 aliphatic heterocycles. The zero-order chi connectivity index (χ0) is 19.3. The summed E-state index contributed by atoms with van der Waals surface area (Å²) < 4.78 is 6.69. The van der Waals surface area contributed by atoms with Crippen molar-refractivity contribution in [1.29, 1.82) is 0 Å². The van der Waals surface area contributed by atoms with E-state index < -0.39 is 0 Å². The second-order valence-corrected chi connectivity index (χ2v) is 8.69. The van der Waals surface area contributed by atoms with Crippen molar-refractivity contribution in [3.63, 3.8) is 0 Å². The van der Waals surface area contributed by atoms with Crippen molar-refractivity contribution in [2.24, 2.45) is 0 Å². The number of hydrogen-bond acceptors (Lipinski definition) is 7. The molecule has 0 spiro atoms. The van der Waals surface area contributed by atoms with Gasteiger partial charge in [-0.2, -0.15) is 15.0 Å². The van der Waals surface area contributed by atoms with Crippen molar-refractivity contribution in [2.75, 3.05) is 41.8 Å². The Morgan fingerprint density at radius 2 is 1.79 bits per heavy atom. The van der Waals surface area contributed by atoms with Crippen LogP contribution in [0.3, 0.4) is 0 Å². The molecular weight excluding hydrogens is 467 g/mol. The molecule has 1 aliphatic carbocycles. The topological polar surface area (TPSA) is 75.2 Å². The molecule has 2 heterocycles. The van der Waals surface area contributed by atoms with Crippen LogP contribution in [0.4, 0.5) is 23.5 Å². The highest BCUT2D eigenvalue weighted by Gasteiger charge is 2.19. The summed E-state index contributed by atoms with van der Waals surface area (Å²) in [6, 6.07) is 6.75. The molecule has 150 valence electrons. The maximum absolute atomic E-state index is 5.48. The van der Waals surface area contributed by atoms with Gasteiger partial charge in [0.15, 0.2) is 0 Å². The van der Waals surface area contributed by atoms with Gasteiger partial charge in [0.05, 0.1) is 13.2 Å². The number of aryl methyl sites for hydroxylation is 1. The Morgan fingerprint density at radius 1 is 1.04 bits per heavy atom. The quantitative estimate of drug-likeness (QED) is 0.606. The molecule has 1 saturated carbocycles. The van der Waals surface area contributed by atoms with E-state index in [9.17, 15) is 0 Å². The molecule has 1 saturated heterocycles. The predicted molar refractivity (Wildman–Crippen MR) is 121 cm³/mol. The van der Waals surface area contributed by atoms with Crippen LogP contribution in [0.25, 0.3) is 0 Å². The smallest absolute Gasteiger partial charge is 0.233 e. The Hall–Kier alpha value is -1.68. The zero-order valence-corrected chi connectivity index (χ0v) is 18.4. The largest absolute Gasteiger partial charge is 0.378 e. The number of nitrogens with one attached hydrogen (secondary N) is 2. The molecule has 0 bridgehead atoms. The Bertz CT molecular complexity index is 805. The number of benzene rings is 1. The average Bonchev–Trinajstić information content (AvgIpc) is 2.71. The van der Waals surface area contributed by atoms with Crippen LogP contribution in [-0.2, 0) is 4.74 Å². The fraction of sp³-hybridized carbons (Fsp3) is 0.550. The standard InChI is InChI=1S/C20H27IN6O/c1-14-13-15(21)7-8-17(14)23-19-24-18(22-16-5-3-2-4-6-16)25-20(26-19)27-9-11-28-12-10-27/h7-8,13,16H,2-6,9-12H2,1H3,(H2,22,23,24,25,26). The minimum atomic E-state index is 0.446. The SMILES string of the molecule is Cc1cc(I)ccc1Nc1nc(NC2CCCCC2)nc(N2CCOCC2)n1. The van der Waals surface area contributed by atoms with Gasteiger partial charge in [-0.3, -0.25) is 0 Å². The second kappa shape index (κ2) is 9.21. The molecule has 4 rings (SSSR count). The van der Waals surface area contributed by atoms with E-state index in [2.05, 4.69) is 68.2 Å². The summed E-state index contributed by atoms with van der Waals surface area (Å²) >= 11 is 2.33. The number of nitrogens with zero attached hydrogens (tertiary/aromatic N) is 4. The number of rotatable bonds is 5. The first kappa shape index (κ1) is 19.6. The lowest BCUT2D eigenvalue weighted by atomic mass is 9.96. The predicted octanol–water partition coefficient (Wildman–Crippen LogP) is 4.11. The third-order valence-electron chi connectivity index (χ3n) is 5.29. The molecule has 0 radical (unpaired) electrons. The van der Waals surface area contributed by atoms with Crippen molar-refractivity contribution in [2.45, 2.75) is 45.1 Å². The molecular formula is C20H27IN6O. The van der Waals surface area contributed by atoms with Gasteiger partial charge in [0.1, 0.15) is 0 Å². The molecule has 7 nitrogen and oxygen atoms in total. The molecule has 0 amide bonds. The molecule has 2 N–H and O–H groups in total. The number of ether oxygens (including phenoxy) is 1. The van der Waals surface area contributed by atoms with Crippen molar-refractivity contribution < 1.29 is 4.74 Å². The fourth-order valence-electron chi connectivity index (χ4n) is 3.71. The molecule has 1 aromatic carbocycles. The van der Waals surface area contributed by atoms with E-state index in [-0.39, 0.29) is 0 Å². The minimum Gasteiger partial charge on any atom is -0.378 e. The van der Waals surface area contributed by atoms with Crippen LogP contribution in [0.15, 0.2) is 18.2 Å². The number of anilines is 4. The lowest BCUT2D eigenvalue weighted by Crippen LogP contribution is -2.37.